The first-order valence-electron chi connectivity index (χ1n) is 4.36. The molecule has 0 heterocycles. The third-order valence-corrected chi connectivity index (χ3v) is 1.71. The van der Waals surface area contributed by atoms with E-state index < -0.39 is 31.1 Å². The fraction of sp³-hybridized carbons (Fsp3) is 0.875. The Morgan fingerprint density at radius 1 is 1.47 bits per heavy atom. The molecular weight excluding hydrogens is 215 g/mol. The zero-order valence-electron chi connectivity index (χ0n) is 8.29. The van der Waals surface area contributed by atoms with Crippen LogP contribution in [0.25, 0.3) is 0 Å². The standard InChI is InChI=1S/C8H14F3NO3/c1-12(3-2-8(9,10)11)5-6(13)4-7(14)15/h6,13H,2-5H2,1H3,(H,14,15). The van der Waals surface area contributed by atoms with Gasteiger partial charge in [-0.15, -0.1) is 0 Å². The highest BCUT2D eigenvalue weighted by atomic mass is 19.4. The lowest BCUT2D eigenvalue weighted by atomic mass is 10.2. The number of carboxylic acids is 1. The van der Waals surface area contributed by atoms with E-state index >= 15 is 0 Å². The first kappa shape index (κ1) is 14.2. The Bertz CT molecular complexity index is 208. The molecule has 0 bridgehead atoms. The fourth-order valence-corrected chi connectivity index (χ4v) is 1.03. The van der Waals surface area contributed by atoms with Gasteiger partial charge < -0.3 is 15.1 Å². The highest BCUT2D eigenvalue weighted by molar-refractivity contribution is 5.67. The summed E-state index contributed by atoms with van der Waals surface area (Å²) in [5.41, 5.74) is 0. The number of carboxylic acid groups (broad SMARTS) is 1. The summed E-state index contributed by atoms with van der Waals surface area (Å²) in [5, 5.41) is 17.4. The van der Waals surface area contributed by atoms with Crippen molar-refractivity contribution in [1.29, 1.82) is 0 Å². The van der Waals surface area contributed by atoms with E-state index in [1.165, 1.54) is 11.9 Å². The maximum absolute atomic E-state index is 11.8. The molecule has 0 aromatic heterocycles. The fourth-order valence-electron chi connectivity index (χ4n) is 1.03. The quantitative estimate of drug-likeness (QED) is 0.704. The number of hydrogen-bond donors (Lipinski definition) is 2. The van der Waals surface area contributed by atoms with Crippen LogP contribution in [-0.2, 0) is 4.79 Å². The Morgan fingerprint density at radius 3 is 2.40 bits per heavy atom. The zero-order chi connectivity index (χ0) is 12.1. The van der Waals surface area contributed by atoms with Gasteiger partial charge in [0, 0.05) is 13.1 Å². The smallest absolute Gasteiger partial charge is 0.390 e. The Balaban J connectivity index is 3.73. The average molecular weight is 229 g/mol. The molecule has 0 spiro atoms. The molecule has 0 aliphatic carbocycles. The minimum absolute atomic E-state index is 0.0810. The van der Waals surface area contributed by atoms with Gasteiger partial charge in [-0.25, -0.2) is 0 Å². The molecule has 0 amide bonds. The van der Waals surface area contributed by atoms with E-state index in [1.807, 2.05) is 0 Å². The number of hydrogen-bond acceptors (Lipinski definition) is 3. The Morgan fingerprint density at radius 2 is 2.00 bits per heavy atom. The van der Waals surface area contributed by atoms with Crippen molar-refractivity contribution in [2.45, 2.75) is 25.1 Å². The average Bonchev–Trinajstić information content (AvgIpc) is 1.97. The second-order valence-corrected chi connectivity index (χ2v) is 3.38. The lowest BCUT2D eigenvalue weighted by molar-refractivity contribution is -0.142. The van der Waals surface area contributed by atoms with E-state index in [0.717, 1.165) is 0 Å². The maximum atomic E-state index is 11.8. The summed E-state index contributed by atoms with van der Waals surface area (Å²) in [6, 6.07) is 0. The number of alkyl halides is 3. The summed E-state index contributed by atoms with van der Waals surface area (Å²) in [7, 11) is 1.40. The summed E-state index contributed by atoms with van der Waals surface area (Å²) < 4.78 is 35.3. The van der Waals surface area contributed by atoms with Crippen LogP contribution in [0.4, 0.5) is 13.2 Å². The molecule has 0 aliphatic rings. The molecule has 90 valence electrons. The summed E-state index contributed by atoms with van der Waals surface area (Å²) in [6.07, 6.45) is -6.80. The van der Waals surface area contributed by atoms with Gasteiger partial charge in [0.1, 0.15) is 0 Å². The maximum Gasteiger partial charge on any atom is 0.390 e. The van der Waals surface area contributed by atoms with E-state index in [-0.39, 0.29) is 13.1 Å². The zero-order valence-corrected chi connectivity index (χ0v) is 8.29. The molecule has 0 saturated carbocycles. The van der Waals surface area contributed by atoms with Gasteiger partial charge in [0.15, 0.2) is 0 Å². The molecule has 15 heavy (non-hydrogen) atoms. The molecule has 2 N–H and O–H groups in total. The highest BCUT2D eigenvalue weighted by Crippen LogP contribution is 2.19. The van der Waals surface area contributed by atoms with Crippen LogP contribution in [0.15, 0.2) is 0 Å². The predicted molar refractivity (Wildman–Crippen MR) is 46.4 cm³/mol. The summed E-state index contributed by atoms with van der Waals surface area (Å²) in [4.78, 5) is 11.4. The number of likely N-dealkylation sites (N-methyl/N-ethyl adjacent to an activating group) is 1. The van der Waals surface area contributed by atoms with Crippen LogP contribution in [0.2, 0.25) is 0 Å². The van der Waals surface area contributed by atoms with Crippen molar-refractivity contribution < 1.29 is 28.2 Å². The van der Waals surface area contributed by atoms with Crippen molar-refractivity contribution in [1.82, 2.24) is 4.90 Å². The van der Waals surface area contributed by atoms with Crippen molar-refractivity contribution in [3.8, 4) is 0 Å². The van der Waals surface area contributed by atoms with Crippen molar-refractivity contribution in [2.24, 2.45) is 0 Å². The molecule has 0 aromatic rings. The van der Waals surface area contributed by atoms with Gasteiger partial charge in [-0.1, -0.05) is 0 Å². The third kappa shape index (κ3) is 9.48. The second kappa shape index (κ2) is 5.92. The van der Waals surface area contributed by atoms with Crippen molar-refractivity contribution in [3.05, 3.63) is 0 Å². The topological polar surface area (TPSA) is 60.8 Å². The Hall–Kier alpha value is -0.820. The molecular formula is C8H14F3NO3. The largest absolute Gasteiger partial charge is 0.481 e. The molecule has 0 rings (SSSR count). The first-order valence-corrected chi connectivity index (χ1v) is 4.36. The van der Waals surface area contributed by atoms with E-state index in [9.17, 15) is 18.0 Å². The van der Waals surface area contributed by atoms with Crippen LogP contribution in [0.5, 0.6) is 0 Å². The van der Waals surface area contributed by atoms with Crippen LogP contribution in [0.3, 0.4) is 0 Å². The van der Waals surface area contributed by atoms with Gasteiger partial charge in [-0.05, 0) is 7.05 Å². The molecule has 1 atom stereocenters. The number of aliphatic hydroxyl groups is 1. The van der Waals surface area contributed by atoms with E-state index in [2.05, 4.69) is 0 Å². The third-order valence-electron chi connectivity index (χ3n) is 1.71. The Labute approximate surface area is 85.3 Å². The van der Waals surface area contributed by atoms with Crippen LogP contribution in [0, 0.1) is 0 Å². The lowest BCUT2D eigenvalue weighted by Crippen LogP contribution is -2.33. The molecule has 0 radical (unpaired) electrons. The highest BCUT2D eigenvalue weighted by Gasteiger charge is 2.27. The molecule has 1 unspecified atom stereocenters. The molecule has 0 aromatic carbocycles. The number of rotatable bonds is 6. The van der Waals surface area contributed by atoms with Gasteiger partial charge in [0.05, 0.1) is 18.9 Å². The van der Waals surface area contributed by atoms with Crippen LogP contribution < -0.4 is 0 Å². The molecule has 7 heteroatoms. The number of carbonyl (C=O) groups is 1. The second-order valence-electron chi connectivity index (χ2n) is 3.38. The predicted octanol–water partition coefficient (Wildman–Crippen LogP) is 0.706. The summed E-state index contributed by atoms with van der Waals surface area (Å²) >= 11 is 0. The van der Waals surface area contributed by atoms with Crippen LogP contribution >= 0.6 is 0 Å². The van der Waals surface area contributed by atoms with E-state index in [1.54, 1.807) is 0 Å². The number of nitrogens with zero attached hydrogens (tertiary/aromatic N) is 1. The van der Waals surface area contributed by atoms with E-state index in [4.69, 9.17) is 10.2 Å². The monoisotopic (exact) mass is 229 g/mol. The summed E-state index contributed by atoms with van der Waals surface area (Å²) in [6.45, 7) is -0.331. The SMILES string of the molecule is CN(CCC(F)(F)F)CC(O)CC(=O)O. The van der Waals surface area contributed by atoms with Crippen LogP contribution in [0.1, 0.15) is 12.8 Å². The van der Waals surface area contributed by atoms with Crippen LogP contribution in [-0.4, -0.2) is 53.5 Å². The normalized spacial score (nSPS) is 14.3. The lowest BCUT2D eigenvalue weighted by Gasteiger charge is -2.20. The van der Waals surface area contributed by atoms with Gasteiger partial charge >= 0.3 is 12.1 Å². The van der Waals surface area contributed by atoms with Crippen molar-refractivity contribution in [2.75, 3.05) is 20.1 Å². The minimum atomic E-state index is -4.23. The molecule has 0 fully saturated rings. The van der Waals surface area contributed by atoms with Crippen molar-refractivity contribution >= 4 is 5.97 Å². The molecule has 0 aliphatic heterocycles. The molecule has 0 saturated heterocycles. The van der Waals surface area contributed by atoms with Gasteiger partial charge in [0.25, 0.3) is 0 Å². The summed E-state index contributed by atoms with van der Waals surface area (Å²) in [5.74, 6) is -1.17. The van der Waals surface area contributed by atoms with E-state index in [0.29, 0.717) is 0 Å². The number of aliphatic hydroxyl groups excluding tert-OH is 1. The van der Waals surface area contributed by atoms with Gasteiger partial charge in [-0.2, -0.15) is 13.2 Å². The minimum Gasteiger partial charge on any atom is -0.481 e. The number of aliphatic carboxylic acids is 1. The molecule has 4 nitrogen and oxygen atoms in total. The van der Waals surface area contributed by atoms with Gasteiger partial charge in [-0.3, -0.25) is 4.79 Å². The van der Waals surface area contributed by atoms with Crippen molar-refractivity contribution in [3.63, 3.8) is 0 Å². The Kier molecular flexibility index (Phi) is 5.59. The van der Waals surface area contributed by atoms with Gasteiger partial charge in [0.2, 0.25) is 0 Å². The number of halogens is 3. The first-order chi connectivity index (χ1) is 6.70.